The molecule has 0 saturated carbocycles. The first kappa shape index (κ1) is 24.3. The number of halogens is 2. The summed E-state index contributed by atoms with van der Waals surface area (Å²) in [5, 5.41) is 12.7. The normalized spacial score (nSPS) is 26.5. The minimum atomic E-state index is -0.595. The molecule has 0 radical (unpaired) electrons. The highest BCUT2D eigenvalue weighted by atomic mass is 35.5. The van der Waals surface area contributed by atoms with Crippen molar-refractivity contribution in [2.45, 2.75) is 25.0 Å². The fraction of sp³-hybridized carbons (Fsp3) is 0.600. The largest absolute Gasteiger partial charge is 0.467 e. The van der Waals surface area contributed by atoms with E-state index < -0.39 is 12.0 Å². The monoisotopic (exact) mass is 488 g/mol. The molecule has 11 heteroatoms. The number of hydrogen-bond donors (Lipinski definition) is 1. The molecule has 3 atom stereocenters. The van der Waals surface area contributed by atoms with Gasteiger partial charge in [0.05, 0.1) is 35.6 Å². The van der Waals surface area contributed by atoms with Crippen molar-refractivity contribution in [1.29, 1.82) is 0 Å². The lowest BCUT2D eigenvalue weighted by Gasteiger charge is -2.35. The number of ether oxygens (including phenoxy) is 2. The van der Waals surface area contributed by atoms with Gasteiger partial charge in [-0.15, -0.1) is 5.11 Å². The molecule has 2 heterocycles. The Labute approximate surface area is 196 Å². The number of azo groups is 1. The molecule has 2 aliphatic heterocycles. The Hall–Kier alpha value is -1.39. The zero-order valence-electron chi connectivity index (χ0n) is 17.3. The average Bonchev–Trinajstić information content (AvgIpc) is 2.79. The fourth-order valence-electron chi connectivity index (χ4n) is 3.45. The van der Waals surface area contributed by atoms with Crippen LogP contribution in [0.15, 0.2) is 43.6 Å². The molecule has 170 valence electrons. The van der Waals surface area contributed by atoms with Crippen LogP contribution in [0.2, 0.25) is 0 Å². The number of thioether (sulfide) groups is 1. The number of carbonyl (C=O) groups excluding carboxylic acids is 2. The second-order valence-corrected chi connectivity index (χ2v) is 9.25. The molecule has 3 aliphatic rings. The summed E-state index contributed by atoms with van der Waals surface area (Å²) in [6, 6.07) is -0.595. The maximum atomic E-state index is 12.2. The van der Waals surface area contributed by atoms with Gasteiger partial charge in [-0.25, -0.2) is 4.79 Å². The number of morpholine rings is 1. The van der Waals surface area contributed by atoms with Crippen molar-refractivity contribution in [3.63, 3.8) is 0 Å². The highest BCUT2D eigenvalue weighted by Crippen LogP contribution is 2.29. The van der Waals surface area contributed by atoms with Gasteiger partial charge in [-0.3, -0.25) is 9.69 Å². The number of nitrogens with zero attached hydrogens (tertiary/aromatic N) is 3. The Bertz CT molecular complexity index is 802. The average molecular weight is 489 g/mol. The van der Waals surface area contributed by atoms with Gasteiger partial charge in [0, 0.05) is 32.6 Å². The van der Waals surface area contributed by atoms with Gasteiger partial charge in [0.15, 0.2) is 6.04 Å². The van der Waals surface area contributed by atoms with Crippen molar-refractivity contribution >= 4 is 46.8 Å². The molecule has 1 fully saturated rings. The van der Waals surface area contributed by atoms with E-state index in [2.05, 4.69) is 25.2 Å². The molecule has 2 unspecified atom stereocenters. The zero-order valence-corrected chi connectivity index (χ0v) is 19.6. The Morgan fingerprint density at radius 2 is 2.16 bits per heavy atom. The molecule has 1 saturated heterocycles. The van der Waals surface area contributed by atoms with Crippen molar-refractivity contribution in [2.24, 2.45) is 16.1 Å². The highest BCUT2D eigenvalue weighted by molar-refractivity contribution is 8.03. The number of hydrogen-bond acceptors (Lipinski definition) is 8. The maximum absolute atomic E-state index is 12.2. The first-order valence-corrected chi connectivity index (χ1v) is 11.8. The predicted octanol–water partition coefficient (Wildman–Crippen LogP) is 3.04. The molecule has 0 aromatic carbocycles. The van der Waals surface area contributed by atoms with Crippen LogP contribution in [-0.4, -0.2) is 74.6 Å². The van der Waals surface area contributed by atoms with Crippen molar-refractivity contribution in [3.8, 4) is 0 Å². The SMILES string of the molecule is COC(=O)C1CC=C(SCC(=O)NC[C@H]2CN(CC3C=C(Cl)C(Cl)=CC3)CCO2)N=N1. The number of methoxy groups -OCH3 is 1. The number of carbonyl (C=O) groups is 2. The molecular formula is C20H26Cl2N4O4S. The van der Waals surface area contributed by atoms with Crippen LogP contribution in [0.5, 0.6) is 0 Å². The topological polar surface area (TPSA) is 92.6 Å². The molecular weight excluding hydrogens is 463 g/mol. The van der Waals surface area contributed by atoms with Crippen LogP contribution >= 0.6 is 35.0 Å². The first-order valence-electron chi connectivity index (χ1n) is 10.1. The van der Waals surface area contributed by atoms with E-state index in [9.17, 15) is 9.59 Å². The summed E-state index contributed by atoms with van der Waals surface area (Å²) in [5.41, 5.74) is 0. The minimum Gasteiger partial charge on any atom is -0.467 e. The lowest BCUT2D eigenvalue weighted by Crippen LogP contribution is -2.48. The lowest BCUT2D eigenvalue weighted by molar-refractivity contribution is -0.142. The van der Waals surface area contributed by atoms with Gasteiger partial charge in [-0.05, 0) is 18.4 Å². The summed E-state index contributed by atoms with van der Waals surface area (Å²) in [4.78, 5) is 26.0. The minimum absolute atomic E-state index is 0.0562. The summed E-state index contributed by atoms with van der Waals surface area (Å²) in [6.45, 7) is 3.57. The zero-order chi connectivity index (χ0) is 22.2. The van der Waals surface area contributed by atoms with Crippen LogP contribution in [0.4, 0.5) is 0 Å². The van der Waals surface area contributed by atoms with Gasteiger partial charge < -0.3 is 14.8 Å². The van der Waals surface area contributed by atoms with Crippen LogP contribution in [-0.2, 0) is 19.1 Å². The molecule has 3 rings (SSSR count). The molecule has 1 aliphatic carbocycles. The van der Waals surface area contributed by atoms with Crippen LogP contribution in [0, 0.1) is 5.92 Å². The van der Waals surface area contributed by atoms with Crippen molar-refractivity contribution in [1.82, 2.24) is 10.2 Å². The Morgan fingerprint density at radius 1 is 1.32 bits per heavy atom. The van der Waals surface area contributed by atoms with Gasteiger partial charge in [0.25, 0.3) is 0 Å². The molecule has 0 spiro atoms. The standard InChI is InChI=1S/C20H26Cl2N4O4S/c1-29-20(28)17-4-5-19(25-24-17)31-12-18(27)23-9-14-11-26(6-7-30-14)10-13-2-3-15(21)16(22)8-13/h3,5,8,13-14,17H,2,4,6-7,9-12H2,1H3,(H,23,27)/t13?,14-,17?/m0/s1. The third-order valence-corrected chi connectivity index (χ3v) is 6.82. The second kappa shape index (κ2) is 12.0. The molecule has 1 N–H and O–H groups in total. The summed E-state index contributed by atoms with van der Waals surface area (Å²) >= 11 is 13.4. The number of amides is 1. The van der Waals surface area contributed by atoms with Gasteiger partial charge in [0.1, 0.15) is 5.03 Å². The summed E-state index contributed by atoms with van der Waals surface area (Å²) in [5.74, 6) is 0.0455. The third-order valence-electron chi connectivity index (χ3n) is 5.09. The van der Waals surface area contributed by atoms with Crippen LogP contribution in [0.25, 0.3) is 0 Å². The van der Waals surface area contributed by atoms with Gasteiger partial charge in [-0.2, -0.15) is 5.11 Å². The van der Waals surface area contributed by atoms with E-state index in [-0.39, 0.29) is 17.8 Å². The maximum Gasteiger partial charge on any atom is 0.332 e. The smallest absolute Gasteiger partial charge is 0.332 e. The molecule has 0 aromatic heterocycles. The van der Waals surface area contributed by atoms with Crippen LogP contribution in [0.1, 0.15) is 12.8 Å². The number of rotatable bonds is 8. The van der Waals surface area contributed by atoms with E-state index in [4.69, 9.17) is 27.9 Å². The van der Waals surface area contributed by atoms with Crippen LogP contribution in [0.3, 0.4) is 0 Å². The van der Waals surface area contributed by atoms with E-state index in [0.717, 1.165) is 26.1 Å². The molecule has 8 nitrogen and oxygen atoms in total. The van der Waals surface area contributed by atoms with Crippen molar-refractivity contribution < 1.29 is 19.1 Å². The third kappa shape index (κ3) is 7.61. The molecule has 31 heavy (non-hydrogen) atoms. The van der Waals surface area contributed by atoms with E-state index >= 15 is 0 Å². The van der Waals surface area contributed by atoms with Crippen LogP contribution < -0.4 is 5.32 Å². The van der Waals surface area contributed by atoms with Crippen molar-refractivity contribution in [2.75, 3.05) is 45.6 Å². The van der Waals surface area contributed by atoms with E-state index in [1.807, 2.05) is 12.2 Å². The summed E-state index contributed by atoms with van der Waals surface area (Å²) in [6.07, 6.45) is 7.01. The molecule has 0 bridgehead atoms. The van der Waals surface area contributed by atoms with E-state index in [1.165, 1.54) is 18.9 Å². The molecule has 1 amide bonds. The summed E-state index contributed by atoms with van der Waals surface area (Å²) in [7, 11) is 1.32. The fourth-order valence-corrected chi connectivity index (χ4v) is 4.56. The van der Waals surface area contributed by atoms with E-state index in [0.29, 0.717) is 40.6 Å². The summed E-state index contributed by atoms with van der Waals surface area (Å²) < 4.78 is 10.4. The Balaban J connectivity index is 1.34. The quantitative estimate of drug-likeness (QED) is 0.527. The second-order valence-electron chi connectivity index (χ2n) is 7.44. The van der Waals surface area contributed by atoms with E-state index in [1.54, 1.807) is 6.08 Å². The Kier molecular flexibility index (Phi) is 9.40. The lowest BCUT2D eigenvalue weighted by atomic mass is 9.99. The first-order chi connectivity index (χ1) is 14.9. The number of allylic oxidation sites excluding steroid dienone is 3. The Morgan fingerprint density at radius 3 is 2.87 bits per heavy atom. The number of nitrogens with one attached hydrogen (secondary N) is 1. The highest BCUT2D eigenvalue weighted by Gasteiger charge is 2.24. The van der Waals surface area contributed by atoms with Gasteiger partial charge >= 0.3 is 5.97 Å². The number of esters is 1. The van der Waals surface area contributed by atoms with Gasteiger partial charge in [0.2, 0.25) is 5.91 Å². The molecule has 0 aromatic rings. The van der Waals surface area contributed by atoms with Crippen molar-refractivity contribution in [3.05, 3.63) is 33.3 Å². The van der Waals surface area contributed by atoms with Gasteiger partial charge in [-0.1, -0.05) is 47.1 Å². The predicted molar refractivity (Wildman–Crippen MR) is 121 cm³/mol.